The van der Waals surface area contributed by atoms with Crippen LogP contribution in [0.5, 0.6) is 0 Å². The maximum Gasteiger partial charge on any atom is 0.236 e. The number of nitrogens with one attached hydrogen (secondary N) is 1. The SMILES string of the molecule is CN(Cc1cccs1)C(=O)CN1CCC(C(=O)NCc2ccccc2)CC1. The first-order valence-electron chi connectivity index (χ1n) is 9.42. The zero-order valence-electron chi connectivity index (χ0n) is 15.8. The van der Waals surface area contributed by atoms with Crippen LogP contribution in [0.3, 0.4) is 0 Å². The van der Waals surface area contributed by atoms with Crippen molar-refractivity contribution in [3.05, 3.63) is 58.3 Å². The molecule has 1 aliphatic heterocycles. The molecule has 0 saturated carbocycles. The van der Waals surface area contributed by atoms with Crippen LogP contribution in [0.4, 0.5) is 0 Å². The second-order valence-electron chi connectivity index (χ2n) is 7.08. The van der Waals surface area contributed by atoms with E-state index in [1.165, 1.54) is 4.88 Å². The highest BCUT2D eigenvalue weighted by molar-refractivity contribution is 7.09. The molecule has 1 aromatic carbocycles. The van der Waals surface area contributed by atoms with Gasteiger partial charge in [0.05, 0.1) is 13.1 Å². The Hall–Kier alpha value is -2.18. The summed E-state index contributed by atoms with van der Waals surface area (Å²) in [6, 6.07) is 14.0. The minimum Gasteiger partial charge on any atom is -0.352 e. The summed E-state index contributed by atoms with van der Waals surface area (Å²) < 4.78 is 0. The molecule has 1 N–H and O–H groups in total. The van der Waals surface area contributed by atoms with Gasteiger partial charge in [-0.15, -0.1) is 11.3 Å². The van der Waals surface area contributed by atoms with Gasteiger partial charge in [-0.05, 0) is 42.9 Å². The molecule has 6 heteroatoms. The van der Waals surface area contributed by atoms with Gasteiger partial charge in [0, 0.05) is 24.4 Å². The summed E-state index contributed by atoms with van der Waals surface area (Å²) in [4.78, 5) is 29.9. The Morgan fingerprint density at radius 2 is 1.89 bits per heavy atom. The number of hydrogen-bond acceptors (Lipinski definition) is 4. The summed E-state index contributed by atoms with van der Waals surface area (Å²) in [6.07, 6.45) is 1.62. The molecule has 27 heavy (non-hydrogen) atoms. The number of benzene rings is 1. The van der Waals surface area contributed by atoms with Gasteiger partial charge >= 0.3 is 0 Å². The molecular formula is C21H27N3O2S. The first-order chi connectivity index (χ1) is 13.1. The Morgan fingerprint density at radius 3 is 2.56 bits per heavy atom. The van der Waals surface area contributed by atoms with Gasteiger partial charge < -0.3 is 10.2 Å². The van der Waals surface area contributed by atoms with E-state index >= 15 is 0 Å². The molecule has 2 amide bonds. The van der Waals surface area contributed by atoms with Gasteiger partial charge in [0.2, 0.25) is 11.8 Å². The number of carbonyl (C=O) groups is 2. The zero-order chi connectivity index (χ0) is 19.1. The van der Waals surface area contributed by atoms with E-state index in [2.05, 4.69) is 10.2 Å². The predicted octanol–water partition coefficient (Wildman–Crippen LogP) is 2.73. The monoisotopic (exact) mass is 385 g/mol. The highest BCUT2D eigenvalue weighted by Crippen LogP contribution is 2.18. The van der Waals surface area contributed by atoms with Gasteiger partial charge in [-0.2, -0.15) is 0 Å². The lowest BCUT2D eigenvalue weighted by atomic mass is 9.96. The molecule has 2 heterocycles. The minimum atomic E-state index is 0.0453. The number of likely N-dealkylation sites (tertiary alicyclic amines) is 1. The smallest absolute Gasteiger partial charge is 0.236 e. The van der Waals surface area contributed by atoms with Crippen molar-refractivity contribution in [3.8, 4) is 0 Å². The van der Waals surface area contributed by atoms with E-state index in [0.29, 0.717) is 19.6 Å². The number of nitrogens with zero attached hydrogens (tertiary/aromatic N) is 2. The van der Waals surface area contributed by atoms with Crippen LogP contribution < -0.4 is 5.32 Å². The molecule has 2 aromatic rings. The Labute approximate surface area is 165 Å². The maximum absolute atomic E-state index is 12.4. The van der Waals surface area contributed by atoms with Crippen LogP contribution in [0.2, 0.25) is 0 Å². The van der Waals surface area contributed by atoms with Crippen molar-refractivity contribution in [3.63, 3.8) is 0 Å². The van der Waals surface area contributed by atoms with Gasteiger partial charge in [0.25, 0.3) is 0 Å². The van der Waals surface area contributed by atoms with Crippen LogP contribution in [0.15, 0.2) is 47.8 Å². The molecule has 1 aliphatic rings. The number of piperidine rings is 1. The number of hydrogen-bond donors (Lipinski definition) is 1. The molecular weight excluding hydrogens is 358 g/mol. The summed E-state index contributed by atoms with van der Waals surface area (Å²) in [5.74, 6) is 0.305. The molecule has 0 atom stereocenters. The Bertz CT molecular complexity index is 725. The van der Waals surface area contributed by atoms with Crippen molar-refractivity contribution in [1.82, 2.24) is 15.1 Å². The van der Waals surface area contributed by atoms with Crippen molar-refractivity contribution in [2.45, 2.75) is 25.9 Å². The van der Waals surface area contributed by atoms with Gasteiger partial charge in [0.1, 0.15) is 0 Å². The Balaban J connectivity index is 1.38. The van der Waals surface area contributed by atoms with Gasteiger partial charge in [-0.25, -0.2) is 0 Å². The first-order valence-corrected chi connectivity index (χ1v) is 10.3. The molecule has 1 aromatic heterocycles. The van der Waals surface area contributed by atoms with Crippen molar-refractivity contribution in [2.75, 3.05) is 26.7 Å². The fraction of sp³-hybridized carbons (Fsp3) is 0.429. The lowest BCUT2D eigenvalue weighted by Gasteiger charge is -2.31. The fourth-order valence-electron chi connectivity index (χ4n) is 3.32. The second kappa shape index (κ2) is 9.67. The van der Waals surface area contributed by atoms with Crippen LogP contribution >= 0.6 is 11.3 Å². The highest BCUT2D eigenvalue weighted by Gasteiger charge is 2.26. The summed E-state index contributed by atoms with van der Waals surface area (Å²) >= 11 is 1.67. The van der Waals surface area contributed by atoms with Crippen LogP contribution in [0, 0.1) is 5.92 Å². The van der Waals surface area contributed by atoms with E-state index in [-0.39, 0.29) is 17.7 Å². The summed E-state index contributed by atoms with van der Waals surface area (Å²) in [5, 5.41) is 5.06. The molecule has 0 radical (unpaired) electrons. The number of thiophene rings is 1. The molecule has 0 bridgehead atoms. The van der Waals surface area contributed by atoms with E-state index < -0.39 is 0 Å². The topological polar surface area (TPSA) is 52.7 Å². The standard InChI is InChI=1S/C21H27N3O2S/c1-23(15-19-8-5-13-27-19)20(25)16-24-11-9-18(10-12-24)21(26)22-14-17-6-3-2-4-7-17/h2-8,13,18H,9-12,14-16H2,1H3,(H,22,26). The average molecular weight is 386 g/mol. The molecule has 1 fully saturated rings. The number of carbonyl (C=O) groups excluding carboxylic acids is 2. The average Bonchev–Trinajstić information content (AvgIpc) is 3.20. The predicted molar refractivity (Wildman–Crippen MR) is 108 cm³/mol. The van der Waals surface area contributed by atoms with Crippen LogP contribution in [0.25, 0.3) is 0 Å². The lowest BCUT2D eigenvalue weighted by Crippen LogP contribution is -2.44. The number of likely N-dealkylation sites (N-methyl/N-ethyl adjacent to an activating group) is 1. The minimum absolute atomic E-state index is 0.0453. The van der Waals surface area contributed by atoms with E-state index in [1.54, 1.807) is 16.2 Å². The molecule has 0 unspecified atom stereocenters. The van der Waals surface area contributed by atoms with Crippen molar-refractivity contribution < 1.29 is 9.59 Å². The molecule has 5 nitrogen and oxygen atoms in total. The van der Waals surface area contributed by atoms with Gasteiger partial charge in [-0.1, -0.05) is 36.4 Å². The molecule has 0 aliphatic carbocycles. The van der Waals surface area contributed by atoms with Gasteiger partial charge in [0.15, 0.2) is 0 Å². The van der Waals surface area contributed by atoms with E-state index in [1.807, 2.05) is 54.9 Å². The third kappa shape index (κ3) is 5.91. The normalized spacial score (nSPS) is 15.4. The van der Waals surface area contributed by atoms with E-state index in [4.69, 9.17) is 0 Å². The summed E-state index contributed by atoms with van der Waals surface area (Å²) in [7, 11) is 1.85. The van der Waals surface area contributed by atoms with Crippen LogP contribution in [-0.4, -0.2) is 48.3 Å². The van der Waals surface area contributed by atoms with E-state index in [0.717, 1.165) is 31.5 Å². The van der Waals surface area contributed by atoms with Crippen LogP contribution in [0.1, 0.15) is 23.3 Å². The third-order valence-corrected chi connectivity index (χ3v) is 5.89. The number of amides is 2. The fourth-order valence-corrected chi connectivity index (χ4v) is 4.08. The summed E-state index contributed by atoms with van der Waals surface area (Å²) in [6.45, 7) is 3.25. The van der Waals surface area contributed by atoms with Crippen molar-refractivity contribution >= 4 is 23.2 Å². The van der Waals surface area contributed by atoms with Crippen molar-refractivity contribution in [1.29, 1.82) is 0 Å². The number of rotatable bonds is 7. The molecule has 1 saturated heterocycles. The lowest BCUT2D eigenvalue weighted by molar-refractivity contribution is -0.132. The second-order valence-corrected chi connectivity index (χ2v) is 8.12. The maximum atomic E-state index is 12.4. The van der Waals surface area contributed by atoms with Gasteiger partial charge in [-0.3, -0.25) is 14.5 Å². The van der Waals surface area contributed by atoms with Crippen molar-refractivity contribution in [2.24, 2.45) is 5.92 Å². The quantitative estimate of drug-likeness (QED) is 0.797. The summed E-state index contributed by atoms with van der Waals surface area (Å²) in [5.41, 5.74) is 1.11. The third-order valence-electron chi connectivity index (χ3n) is 5.03. The molecule has 0 spiro atoms. The Morgan fingerprint density at radius 1 is 1.15 bits per heavy atom. The molecule has 144 valence electrons. The highest BCUT2D eigenvalue weighted by atomic mass is 32.1. The van der Waals surface area contributed by atoms with E-state index in [9.17, 15) is 9.59 Å². The Kier molecular flexibility index (Phi) is 7.01. The zero-order valence-corrected chi connectivity index (χ0v) is 16.6. The largest absolute Gasteiger partial charge is 0.352 e. The molecule has 3 rings (SSSR count). The first kappa shape index (κ1) is 19.6. The van der Waals surface area contributed by atoms with Crippen LogP contribution in [-0.2, 0) is 22.7 Å².